The second kappa shape index (κ2) is 8.39. The van der Waals surface area contributed by atoms with Gasteiger partial charge in [0.05, 0.1) is 10.6 Å². The van der Waals surface area contributed by atoms with Gasteiger partial charge < -0.3 is 9.84 Å². The van der Waals surface area contributed by atoms with Crippen LogP contribution in [-0.4, -0.2) is 31.5 Å². The SMILES string of the molecule is CSCCCC(=O)Nc1ccc(S(=O)(=O)Nc2onc(C)c2C)cc1. The molecular formula is C16H21N3O4S2. The summed E-state index contributed by atoms with van der Waals surface area (Å²) in [7, 11) is -3.78. The third-order valence-electron chi connectivity index (χ3n) is 3.58. The first-order valence-corrected chi connectivity index (χ1v) is 10.6. The third-order valence-corrected chi connectivity index (χ3v) is 5.63. The van der Waals surface area contributed by atoms with Crippen LogP contribution in [-0.2, 0) is 14.8 Å². The zero-order valence-corrected chi connectivity index (χ0v) is 16.0. The van der Waals surface area contributed by atoms with Crippen LogP contribution < -0.4 is 10.0 Å². The monoisotopic (exact) mass is 383 g/mol. The van der Waals surface area contributed by atoms with E-state index in [1.165, 1.54) is 12.1 Å². The van der Waals surface area contributed by atoms with E-state index in [1.54, 1.807) is 37.7 Å². The maximum atomic E-state index is 12.4. The van der Waals surface area contributed by atoms with Crippen molar-refractivity contribution in [1.29, 1.82) is 0 Å². The van der Waals surface area contributed by atoms with E-state index in [4.69, 9.17) is 4.52 Å². The molecule has 0 aliphatic rings. The predicted octanol–water partition coefficient (Wildman–Crippen LogP) is 3.17. The van der Waals surface area contributed by atoms with Gasteiger partial charge in [0, 0.05) is 17.7 Å². The van der Waals surface area contributed by atoms with E-state index in [2.05, 4.69) is 15.2 Å². The summed E-state index contributed by atoms with van der Waals surface area (Å²) in [4.78, 5) is 11.9. The molecule has 1 aromatic carbocycles. The molecular weight excluding hydrogens is 362 g/mol. The normalized spacial score (nSPS) is 11.3. The van der Waals surface area contributed by atoms with Crippen LogP contribution in [0.25, 0.3) is 0 Å². The first-order chi connectivity index (χ1) is 11.8. The van der Waals surface area contributed by atoms with Crippen molar-refractivity contribution in [3.8, 4) is 0 Å². The number of nitrogens with zero attached hydrogens (tertiary/aromatic N) is 1. The van der Waals surface area contributed by atoms with Crippen LogP contribution in [0.2, 0.25) is 0 Å². The molecule has 2 aromatic rings. The Balaban J connectivity index is 2.03. The number of rotatable bonds is 8. The molecule has 0 saturated carbocycles. The number of aromatic nitrogens is 1. The zero-order valence-electron chi connectivity index (χ0n) is 14.3. The quantitative estimate of drug-likeness (QED) is 0.679. The number of amides is 1. The van der Waals surface area contributed by atoms with Crippen molar-refractivity contribution in [3.05, 3.63) is 35.5 Å². The Morgan fingerprint density at radius 1 is 1.24 bits per heavy atom. The number of anilines is 2. The standard InChI is InChI=1S/C16H21N3O4S2/c1-11-12(2)18-23-16(11)19-25(21,22)14-8-6-13(7-9-14)17-15(20)5-4-10-24-3/h6-9,19H,4-5,10H2,1-3H3,(H,17,20). The van der Waals surface area contributed by atoms with E-state index in [-0.39, 0.29) is 16.7 Å². The van der Waals surface area contributed by atoms with Gasteiger partial charge in [-0.25, -0.2) is 13.1 Å². The van der Waals surface area contributed by atoms with E-state index in [9.17, 15) is 13.2 Å². The molecule has 25 heavy (non-hydrogen) atoms. The number of hydrogen-bond donors (Lipinski definition) is 2. The molecule has 0 saturated heterocycles. The molecule has 136 valence electrons. The molecule has 0 fully saturated rings. The van der Waals surface area contributed by atoms with Gasteiger partial charge in [0.1, 0.15) is 0 Å². The van der Waals surface area contributed by atoms with Gasteiger partial charge in [-0.2, -0.15) is 11.8 Å². The lowest BCUT2D eigenvalue weighted by Gasteiger charge is -2.08. The second-order valence-electron chi connectivity index (χ2n) is 5.50. The highest BCUT2D eigenvalue weighted by Crippen LogP contribution is 2.22. The van der Waals surface area contributed by atoms with Gasteiger partial charge in [-0.1, -0.05) is 5.16 Å². The molecule has 0 radical (unpaired) electrons. The van der Waals surface area contributed by atoms with E-state index in [0.29, 0.717) is 23.4 Å². The molecule has 1 heterocycles. The van der Waals surface area contributed by atoms with Crippen molar-refractivity contribution in [2.45, 2.75) is 31.6 Å². The van der Waals surface area contributed by atoms with Crippen molar-refractivity contribution >= 4 is 39.3 Å². The van der Waals surface area contributed by atoms with Crippen molar-refractivity contribution in [2.75, 3.05) is 22.0 Å². The molecule has 2 N–H and O–H groups in total. The van der Waals surface area contributed by atoms with Gasteiger partial charge in [-0.05, 0) is 56.5 Å². The number of carbonyl (C=O) groups excluding carboxylic acids is 1. The van der Waals surface area contributed by atoms with E-state index in [0.717, 1.165) is 12.2 Å². The molecule has 7 nitrogen and oxygen atoms in total. The number of carbonyl (C=O) groups is 1. The number of sulfonamides is 1. The summed E-state index contributed by atoms with van der Waals surface area (Å²) in [5.41, 5.74) is 1.81. The van der Waals surface area contributed by atoms with Crippen molar-refractivity contribution in [1.82, 2.24) is 5.16 Å². The minimum absolute atomic E-state index is 0.0707. The molecule has 9 heteroatoms. The van der Waals surface area contributed by atoms with Crippen LogP contribution in [0, 0.1) is 13.8 Å². The van der Waals surface area contributed by atoms with Crippen LogP contribution in [0.15, 0.2) is 33.7 Å². The fourth-order valence-electron chi connectivity index (χ4n) is 2.01. The van der Waals surface area contributed by atoms with E-state index < -0.39 is 10.0 Å². The topological polar surface area (TPSA) is 101 Å². The van der Waals surface area contributed by atoms with Crippen LogP contribution in [0.1, 0.15) is 24.1 Å². The van der Waals surface area contributed by atoms with Crippen molar-refractivity contribution in [3.63, 3.8) is 0 Å². The molecule has 1 amide bonds. The molecule has 0 aliphatic carbocycles. The Kier molecular flexibility index (Phi) is 6.49. The first kappa shape index (κ1) is 19.3. The van der Waals surface area contributed by atoms with Crippen LogP contribution >= 0.6 is 11.8 Å². The summed E-state index contributed by atoms with van der Waals surface area (Å²) in [6.07, 6.45) is 3.23. The Morgan fingerprint density at radius 2 is 1.92 bits per heavy atom. The minimum Gasteiger partial charge on any atom is -0.337 e. The van der Waals surface area contributed by atoms with Gasteiger partial charge >= 0.3 is 0 Å². The second-order valence-corrected chi connectivity index (χ2v) is 8.16. The van der Waals surface area contributed by atoms with Gasteiger partial charge in [0.15, 0.2) is 0 Å². The van der Waals surface area contributed by atoms with Crippen LogP contribution in [0.4, 0.5) is 11.6 Å². The molecule has 0 aliphatic heterocycles. The number of aryl methyl sites for hydroxylation is 1. The Hall–Kier alpha value is -2.00. The minimum atomic E-state index is -3.78. The van der Waals surface area contributed by atoms with Crippen LogP contribution in [0.5, 0.6) is 0 Å². The van der Waals surface area contributed by atoms with Gasteiger partial charge in [0.2, 0.25) is 11.8 Å². The summed E-state index contributed by atoms with van der Waals surface area (Å²) < 4.78 is 32.1. The summed E-state index contributed by atoms with van der Waals surface area (Å²) in [6, 6.07) is 5.97. The van der Waals surface area contributed by atoms with E-state index >= 15 is 0 Å². The highest BCUT2D eigenvalue weighted by Gasteiger charge is 2.19. The highest BCUT2D eigenvalue weighted by atomic mass is 32.2. The molecule has 2 rings (SSSR count). The lowest BCUT2D eigenvalue weighted by molar-refractivity contribution is -0.116. The number of hydrogen-bond acceptors (Lipinski definition) is 6. The fraction of sp³-hybridized carbons (Fsp3) is 0.375. The lowest BCUT2D eigenvalue weighted by atomic mass is 10.3. The Morgan fingerprint density at radius 3 is 2.48 bits per heavy atom. The number of nitrogens with one attached hydrogen (secondary N) is 2. The average Bonchev–Trinajstić information content (AvgIpc) is 2.87. The van der Waals surface area contributed by atoms with Crippen molar-refractivity contribution < 1.29 is 17.7 Å². The molecule has 0 spiro atoms. The lowest BCUT2D eigenvalue weighted by Crippen LogP contribution is -2.14. The maximum absolute atomic E-state index is 12.4. The Bertz CT molecular complexity index is 830. The fourth-order valence-corrected chi connectivity index (χ4v) is 3.49. The Labute approximate surface area is 151 Å². The predicted molar refractivity (Wildman–Crippen MR) is 99.5 cm³/mol. The average molecular weight is 383 g/mol. The van der Waals surface area contributed by atoms with E-state index in [1.807, 2.05) is 6.26 Å². The van der Waals surface area contributed by atoms with Crippen molar-refractivity contribution in [2.24, 2.45) is 0 Å². The zero-order chi connectivity index (χ0) is 18.4. The van der Waals surface area contributed by atoms with Gasteiger partial charge in [-0.15, -0.1) is 0 Å². The first-order valence-electron chi connectivity index (χ1n) is 7.68. The third kappa shape index (κ3) is 5.23. The molecule has 0 bridgehead atoms. The maximum Gasteiger partial charge on any atom is 0.264 e. The molecule has 0 atom stereocenters. The summed E-state index contributed by atoms with van der Waals surface area (Å²) in [5, 5.41) is 6.47. The summed E-state index contributed by atoms with van der Waals surface area (Å²) >= 11 is 1.69. The number of benzene rings is 1. The highest BCUT2D eigenvalue weighted by molar-refractivity contribution is 7.98. The van der Waals surface area contributed by atoms with Crippen LogP contribution in [0.3, 0.4) is 0 Å². The number of thioether (sulfide) groups is 1. The summed E-state index contributed by atoms with van der Waals surface area (Å²) in [5.74, 6) is 0.941. The summed E-state index contributed by atoms with van der Waals surface area (Å²) in [6.45, 7) is 3.45. The molecule has 1 aromatic heterocycles. The molecule has 0 unspecified atom stereocenters. The van der Waals surface area contributed by atoms with Gasteiger partial charge in [0.25, 0.3) is 10.0 Å². The van der Waals surface area contributed by atoms with Gasteiger partial charge in [-0.3, -0.25) is 4.79 Å². The largest absolute Gasteiger partial charge is 0.337 e. The smallest absolute Gasteiger partial charge is 0.264 e.